The predicted molar refractivity (Wildman–Crippen MR) is 63.5 cm³/mol. The minimum Gasteiger partial charge on any atom is -0.507 e. The van der Waals surface area contributed by atoms with Crippen LogP contribution in [0.25, 0.3) is 0 Å². The molecule has 1 aromatic heterocycles. The fourth-order valence-corrected chi connectivity index (χ4v) is 1.90. The zero-order valence-corrected chi connectivity index (χ0v) is 9.81. The first kappa shape index (κ1) is 10.8. The second-order valence-electron chi connectivity index (χ2n) is 3.18. The molecule has 0 saturated carbocycles. The Morgan fingerprint density at radius 1 is 1.19 bits per heavy atom. The number of nitrogens with zero attached hydrogens (tertiary/aromatic N) is 1. The molecule has 4 heteroatoms. The van der Waals surface area contributed by atoms with Gasteiger partial charge in [-0.05, 0) is 40.2 Å². The summed E-state index contributed by atoms with van der Waals surface area (Å²) in [5.74, 6) is -0.351. The maximum Gasteiger partial charge on any atom is 0.216 e. The number of hydrogen-bond acceptors (Lipinski definition) is 3. The van der Waals surface area contributed by atoms with Gasteiger partial charge in [-0.1, -0.05) is 12.1 Å². The van der Waals surface area contributed by atoms with Crippen molar-refractivity contribution in [2.45, 2.75) is 0 Å². The lowest BCUT2D eigenvalue weighted by atomic mass is 10.1. The Morgan fingerprint density at radius 3 is 2.62 bits per heavy atom. The average molecular weight is 278 g/mol. The third kappa shape index (κ3) is 1.97. The Balaban J connectivity index is 2.50. The fourth-order valence-electron chi connectivity index (χ4n) is 1.36. The van der Waals surface area contributed by atoms with Crippen molar-refractivity contribution in [3.05, 3.63) is 58.3 Å². The molecule has 1 aromatic carbocycles. The van der Waals surface area contributed by atoms with E-state index in [1.807, 2.05) is 0 Å². The Labute approximate surface area is 101 Å². The average Bonchev–Trinajstić information content (AvgIpc) is 2.30. The molecule has 0 saturated heterocycles. The lowest BCUT2D eigenvalue weighted by Crippen LogP contribution is -2.04. The molecule has 0 amide bonds. The van der Waals surface area contributed by atoms with Crippen molar-refractivity contribution < 1.29 is 9.90 Å². The summed E-state index contributed by atoms with van der Waals surface area (Å²) < 4.78 is 0.558. The van der Waals surface area contributed by atoms with E-state index in [4.69, 9.17) is 0 Å². The van der Waals surface area contributed by atoms with E-state index in [9.17, 15) is 9.90 Å². The summed E-state index contributed by atoms with van der Waals surface area (Å²) in [6.07, 6.45) is 1.54. The van der Waals surface area contributed by atoms with Gasteiger partial charge in [-0.15, -0.1) is 0 Å². The monoisotopic (exact) mass is 277 g/mol. The van der Waals surface area contributed by atoms with Crippen LogP contribution in [0.2, 0.25) is 0 Å². The summed E-state index contributed by atoms with van der Waals surface area (Å²) in [4.78, 5) is 16.0. The van der Waals surface area contributed by atoms with Crippen LogP contribution in [0, 0.1) is 0 Å². The van der Waals surface area contributed by atoms with Crippen LogP contribution in [0.3, 0.4) is 0 Å². The van der Waals surface area contributed by atoms with Crippen LogP contribution >= 0.6 is 15.9 Å². The van der Waals surface area contributed by atoms with Crippen LogP contribution in [0.5, 0.6) is 5.75 Å². The summed E-state index contributed by atoms with van der Waals surface area (Å²) in [5, 5.41) is 9.64. The molecule has 1 N–H and O–H groups in total. The Hall–Kier alpha value is -1.68. The van der Waals surface area contributed by atoms with Gasteiger partial charge in [0.25, 0.3) is 0 Å². The van der Waals surface area contributed by atoms with E-state index >= 15 is 0 Å². The number of hydrogen-bond donors (Lipinski definition) is 1. The number of phenolic OH excluding ortho intramolecular Hbond substituents is 1. The van der Waals surface area contributed by atoms with Gasteiger partial charge < -0.3 is 5.11 Å². The number of phenols is 1. The lowest BCUT2D eigenvalue weighted by molar-refractivity contribution is 0.103. The predicted octanol–water partition coefficient (Wildman–Crippen LogP) is 2.78. The molecule has 3 nitrogen and oxygen atoms in total. The largest absolute Gasteiger partial charge is 0.507 e. The standard InChI is InChI=1S/C12H8BrNO2/c13-8-4-3-6-10(15)11(8)12(16)9-5-1-2-7-14-9/h1-7,15H. The van der Waals surface area contributed by atoms with Crippen molar-refractivity contribution >= 4 is 21.7 Å². The van der Waals surface area contributed by atoms with E-state index in [-0.39, 0.29) is 17.1 Å². The number of ketones is 1. The van der Waals surface area contributed by atoms with Crippen molar-refractivity contribution in [2.24, 2.45) is 0 Å². The van der Waals surface area contributed by atoms with Gasteiger partial charge in [0.1, 0.15) is 11.4 Å². The molecule has 2 aromatic rings. The van der Waals surface area contributed by atoms with Crippen molar-refractivity contribution in [3.8, 4) is 5.75 Å². The maximum absolute atomic E-state index is 12.0. The highest BCUT2D eigenvalue weighted by molar-refractivity contribution is 9.10. The van der Waals surface area contributed by atoms with Crippen LogP contribution < -0.4 is 0 Å². The molecule has 0 unspecified atom stereocenters. The highest BCUT2D eigenvalue weighted by atomic mass is 79.9. The molecule has 16 heavy (non-hydrogen) atoms. The molecule has 2 rings (SSSR count). The summed E-state index contributed by atoms with van der Waals surface area (Å²) in [6, 6.07) is 9.91. The van der Waals surface area contributed by atoms with Crippen molar-refractivity contribution in [3.63, 3.8) is 0 Å². The molecular weight excluding hydrogens is 270 g/mol. The first-order valence-corrected chi connectivity index (χ1v) is 5.42. The first-order valence-electron chi connectivity index (χ1n) is 4.63. The smallest absolute Gasteiger partial charge is 0.216 e. The molecule has 0 fully saturated rings. The van der Waals surface area contributed by atoms with E-state index in [2.05, 4.69) is 20.9 Å². The Kier molecular flexibility index (Phi) is 3.01. The third-order valence-electron chi connectivity index (χ3n) is 2.12. The van der Waals surface area contributed by atoms with E-state index in [0.717, 1.165) is 0 Å². The third-order valence-corrected chi connectivity index (χ3v) is 2.78. The summed E-state index contributed by atoms with van der Waals surface area (Å²) in [6.45, 7) is 0. The summed E-state index contributed by atoms with van der Waals surface area (Å²) >= 11 is 3.24. The van der Waals surface area contributed by atoms with Crippen molar-refractivity contribution in [1.29, 1.82) is 0 Å². The molecular formula is C12H8BrNO2. The molecule has 0 aliphatic carbocycles. The molecule has 0 radical (unpaired) electrons. The normalized spacial score (nSPS) is 10.1. The molecule has 0 aliphatic rings. The quantitative estimate of drug-likeness (QED) is 0.859. The maximum atomic E-state index is 12.0. The van der Waals surface area contributed by atoms with E-state index in [0.29, 0.717) is 10.2 Å². The zero-order valence-electron chi connectivity index (χ0n) is 8.22. The number of carbonyl (C=O) groups excluding carboxylic acids is 1. The van der Waals surface area contributed by atoms with E-state index in [1.54, 1.807) is 36.5 Å². The van der Waals surface area contributed by atoms with Gasteiger partial charge in [-0.2, -0.15) is 0 Å². The number of aromatic hydroxyl groups is 1. The topological polar surface area (TPSA) is 50.2 Å². The Bertz CT molecular complexity index is 506. The van der Waals surface area contributed by atoms with Crippen LogP contribution in [-0.4, -0.2) is 15.9 Å². The highest BCUT2D eigenvalue weighted by Gasteiger charge is 2.17. The number of benzene rings is 1. The van der Waals surface area contributed by atoms with Gasteiger partial charge in [0.05, 0.1) is 5.56 Å². The molecule has 1 heterocycles. The second-order valence-corrected chi connectivity index (χ2v) is 4.03. The number of pyridine rings is 1. The van der Waals surface area contributed by atoms with Gasteiger partial charge >= 0.3 is 0 Å². The van der Waals surface area contributed by atoms with Gasteiger partial charge in [-0.25, -0.2) is 0 Å². The Morgan fingerprint density at radius 2 is 2.00 bits per heavy atom. The van der Waals surface area contributed by atoms with Crippen LogP contribution in [0.1, 0.15) is 16.1 Å². The van der Waals surface area contributed by atoms with Crippen LogP contribution in [0.4, 0.5) is 0 Å². The number of aromatic nitrogens is 1. The molecule has 80 valence electrons. The fraction of sp³-hybridized carbons (Fsp3) is 0. The van der Waals surface area contributed by atoms with Crippen molar-refractivity contribution in [1.82, 2.24) is 4.98 Å². The van der Waals surface area contributed by atoms with Gasteiger partial charge in [0.2, 0.25) is 5.78 Å². The van der Waals surface area contributed by atoms with Gasteiger partial charge in [0, 0.05) is 10.7 Å². The SMILES string of the molecule is O=C(c1ccccn1)c1c(O)cccc1Br. The molecule has 0 aliphatic heterocycles. The highest BCUT2D eigenvalue weighted by Crippen LogP contribution is 2.27. The number of halogens is 1. The molecule has 0 atom stereocenters. The molecule has 0 bridgehead atoms. The summed E-state index contributed by atoms with van der Waals surface area (Å²) in [5.41, 5.74) is 0.547. The van der Waals surface area contributed by atoms with Gasteiger partial charge in [-0.3, -0.25) is 9.78 Å². The van der Waals surface area contributed by atoms with Crippen molar-refractivity contribution in [2.75, 3.05) is 0 Å². The zero-order chi connectivity index (χ0) is 11.5. The van der Waals surface area contributed by atoms with E-state index in [1.165, 1.54) is 6.07 Å². The number of carbonyl (C=O) groups is 1. The molecule has 0 spiro atoms. The summed E-state index contributed by atoms with van der Waals surface area (Å²) in [7, 11) is 0. The first-order chi connectivity index (χ1) is 7.70. The van der Waals surface area contributed by atoms with Crippen LogP contribution in [0.15, 0.2) is 47.1 Å². The van der Waals surface area contributed by atoms with Crippen LogP contribution in [-0.2, 0) is 0 Å². The number of rotatable bonds is 2. The second kappa shape index (κ2) is 4.45. The minimum atomic E-state index is -0.300. The minimum absolute atomic E-state index is 0.0509. The van der Waals surface area contributed by atoms with Gasteiger partial charge in [0.15, 0.2) is 0 Å². The lowest BCUT2D eigenvalue weighted by Gasteiger charge is -2.05. The van der Waals surface area contributed by atoms with E-state index < -0.39 is 0 Å².